The number of nitriles is 1. The maximum atomic E-state index is 11.8. The molecule has 1 aliphatic heterocycles. The lowest BCUT2D eigenvalue weighted by Gasteiger charge is -2.07. The van der Waals surface area contributed by atoms with E-state index in [1.54, 1.807) is 13.8 Å². The Labute approximate surface area is 124 Å². The normalized spacial score (nSPS) is 13.0. The third-order valence-electron chi connectivity index (χ3n) is 2.32. The molecule has 1 aliphatic rings. The number of carbonyl (C=O) groups excluding carboxylic acids is 1. The zero-order valence-corrected chi connectivity index (χ0v) is 12.3. The topological polar surface area (TPSA) is 90.6 Å². The molecule has 5 nitrogen and oxygen atoms in total. The molecule has 0 amide bonds. The summed E-state index contributed by atoms with van der Waals surface area (Å²) in [5.74, 6) is -0.705. The van der Waals surface area contributed by atoms with Gasteiger partial charge in [-0.25, -0.2) is 4.79 Å². The van der Waals surface area contributed by atoms with Crippen LogP contribution in [0.15, 0.2) is 31.7 Å². The summed E-state index contributed by atoms with van der Waals surface area (Å²) in [6.07, 6.45) is -0.327. The molecule has 0 aromatic heterocycles. The Morgan fingerprint density at radius 2 is 1.75 bits per heavy atom. The second-order valence-corrected chi connectivity index (χ2v) is 6.49. The summed E-state index contributed by atoms with van der Waals surface area (Å²) in [7, 11) is 0. The van der Waals surface area contributed by atoms with Crippen LogP contribution in [-0.4, -0.2) is 22.3 Å². The standard InChI is InChI=1S/C13H11NO4S2/c1-6(2)18-12(17)7(5-14)13-19-10-8(15)3-4-9(16)11(10)20-13/h3-4,6,15-16H,1-2H3. The van der Waals surface area contributed by atoms with Crippen LogP contribution in [0.3, 0.4) is 0 Å². The Bertz CT molecular complexity index is 614. The Kier molecular flexibility index (Phi) is 4.16. The fourth-order valence-electron chi connectivity index (χ4n) is 1.50. The first-order valence-electron chi connectivity index (χ1n) is 5.70. The molecule has 20 heavy (non-hydrogen) atoms. The van der Waals surface area contributed by atoms with Gasteiger partial charge in [0, 0.05) is 0 Å². The first-order valence-corrected chi connectivity index (χ1v) is 7.33. The van der Waals surface area contributed by atoms with Crippen molar-refractivity contribution >= 4 is 29.5 Å². The molecule has 0 bridgehead atoms. The van der Waals surface area contributed by atoms with Crippen LogP contribution >= 0.6 is 23.5 Å². The molecule has 0 saturated heterocycles. The Morgan fingerprint density at radius 3 is 2.15 bits per heavy atom. The molecule has 1 heterocycles. The SMILES string of the molecule is CC(C)OC(=O)C(C#N)=C1Sc2c(O)ccc(O)c2S1. The summed E-state index contributed by atoms with van der Waals surface area (Å²) in [4.78, 5) is 12.7. The van der Waals surface area contributed by atoms with Gasteiger partial charge in [0.1, 0.15) is 17.6 Å². The van der Waals surface area contributed by atoms with E-state index in [2.05, 4.69) is 0 Å². The quantitative estimate of drug-likeness (QED) is 0.375. The van der Waals surface area contributed by atoms with Gasteiger partial charge in [0.15, 0.2) is 5.57 Å². The molecule has 0 atom stereocenters. The maximum Gasteiger partial charge on any atom is 0.350 e. The lowest BCUT2D eigenvalue weighted by Crippen LogP contribution is -2.13. The van der Waals surface area contributed by atoms with Gasteiger partial charge in [0.05, 0.1) is 20.1 Å². The van der Waals surface area contributed by atoms with E-state index in [-0.39, 0.29) is 23.2 Å². The van der Waals surface area contributed by atoms with Crippen LogP contribution in [0.25, 0.3) is 0 Å². The van der Waals surface area contributed by atoms with E-state index < -0.39 is 5.97 Å². The number of nitrogens with zero attached hydrogens (tertiary/aromatic N) is 1. The molecule has 0 aliphatic carbocycles. The van der Waals surface area contributed by atoms with Gasteiger partial charge in [0.25, 0.3) is 0 Å². The molecular formula is C13H11NO4S2. The second kappa shape index (κ2) is 5.69. The Balaban J connectivity index is 2.39. The predicted octanol–water partition coefficient (Wildman–Crippen LogP) is 2.98. The summed E-state index contributed by atoms with van der Waals surface area (Å²) < 4.78 is 5.40. The number of carbonyl (C=O) groups is 1. The number of phenolic OH excluding ortho intramolecular Hbond substituents is 2. The van der Waals surface area contributed by atoms with Crippen LogP contribution in [0.2, 0.25) is 0 Å². The van der Waals surface area contributed by atoms with Gasteiger partial charge in [-0.3, -0.25) is 0 Å². The fraction of sp³-hybridized carbons (Fsp3) is 0.231. The van der Waals surface area contributed by atoms with Crippen molar-refractivity contribution in [3.05, 3.63) is 21.9 Å². The fourth-order valence-corrected chi connectivity index (χ4v) is 3.98. The smallest absolute Gasteiger partial charge is 0.350 e. The molecule has 0 unspecified atom stereocenters. The third-order valence-corrected chi connectivity index (χ3v) is 4.97. The van der Waals surface area contributed by atoms with Crippen LogP contribution in [0, 0.1) is 11.3 Å². The van der Waals surface area contributed by atoms with Gasteiger partial charge in [0.2, 0.25) is 0 Å². The average molecular weight is 309 g/mol. The predicted molar refractivity (Wildman–Crippen MR) is 75.4 cm³/mol. The van der Waals surface area contributed by atoms with Crippen molar-refractivity contribution in [3.8, 4) is 17.6 Å². The minimum absolute atomic E-state index is 0.000170. The van der Waals surface area contributed by atoms with Gasteiger partial charge in [-0.05, 0) is 26.0 Å². The second-order valence-electron chi connectivity index (χ2n) is 4.19. The summed E-state index contributed by atoms with van der Waals surface area (Å²) in [5, 5.41) is 28.6. The largest absolute Gasteiger partial charge is 0.507 e. The van der Waals surface area contributed by atoms with Gasteiger partial charge >= 0.3 is 5.97 Å². The molecule has 0 radical (unpaired) electrons. The number of benzene rings is 1. The van der Waals surface area contributed by atoms with Gasteiger partial charge in [-0.1, -0.05) is 23.5 Å². The van der Waals surface area contributed by atoms with Crippen molar-refractivity contribution < 1.29 is 19.7 Å². The number of esters is 1. The number of hydrogen-bond donors (Lipinski definition) is 2. The van der Waals surface area contributed by atoms with E-state index in [4.69, 9.17) is 10.00 Å². The number of thioether (sulfide) groups is 2. The highest BCUT2D eigenvalue weighted by molar-refractivity contribution is 8.24. The van der Waals surface area contributed by atoms with Crippen molar-refractivity contribution in [2.75, 3.05) is 0 Å². The number of ether oxygens (including phenoxy) is 1. The van der Waals surface area contributed by atoms with Gasteiger partial charge < -0.3 is 14.9 Å². The van der Waals surface area contributed by atoms with Crippen LogP contribution < -0.4 is 0 Å². The zero-order valence-electron chi connectivity index (χ0n) is 10.7. The molecule has 104 valence electrons. The summed E-state index contributed by atoms with van der Waals surface area (Å²) in [6, 6.07) is 4.55. The summed E-state index contributed by atoms with van der Waals surface area (Å²) >= 11 is 2.15. The lowest BCUT2D eigenvalue weighted by molar-refractivity contribution is -0.142. The van der Waals surface area contributed by atoms with E-state index >= 15 is 0 Å². The molecule has 1 aromatic carbocycles. The number of fused-ring (bicyclic) bond motifs is 1. The molecular weight excluding hydrogens is 298 g/mol. The molecule has 2 N–H and O–H groups in total. The zero-order chi connectivity index (χ0) is 14.9. The van der Waals surface area contributed by atoms with E-state index in [0.717, 1.165) is 23.5 Å². The number of aromatic hydroxyl groups is 2. The number of phenols is 2. The van der Waals surface area contributed by atoms with Crippen LogP contribution in [-0.2, 0) is 9.53 Å². The minimum atomic E-state index is -0.704. The highest BCUT2D eigenvalue weighted by atomic mass is 32.2. The Morgan fingerprint density at radius 1 is 1.25 bits per heavy atom. The van der Waals surface area contributed by atoms with Crippen molar-refractivity contribution in [1.82, 2.24) is 0 Å². The van der Waals surface area contributed by atoms with E-state index in [1.807, 2.05) is 6.07 Å². The van der Waals surface area contributed by atoms with Crippen LogP contribution in [0.4, 0.5) is 0 Å². The summed E-state index contributed by atoms with van der Waals surface area (Å²) in [5.41, 5.74) is -0.122. The minimum Gasteiger partial charge on any atom is -0.507 e. The van der Waals surface area contributed by atoms with Gasteiger partial charge in [-0.15, -0.1) is 0 Å². The van der Waals surface area contributed by atoms with Crippen molar-refractivity contribution in [2.45, 2.75) is 29.7 Å². The van der Waals surface area contributed by atoms with Crippen LogP contribution in [0.5, 0.6) is 11.5 Å². The maximum absolute atomic E-state index is 11.8. The van der Waals surface area contributed by atoms with Crippen LogP contribution in [0.1, 0.15) is 13.8 Å². The summed E-state index contributed by atoms with van der Waals surface area (Å²) in [6.45, 7) is 3.39. The monoisotopic (exact) mass is 309 g/mol. The Hall–Kier alpha value is -1.78. The average Bonchev–Trinajstić information content (AvgIpc) is 2.80. The van der Waals surface area contributed by atoms with E-state index in [9.17, 15) is 15.0 Å². The van der Waals surface area contributed by atoms with Gasteiger partial charge in [-0.2, -0.15) is 5.26 Å². The highest BCUT2D eigenvalue weighted by Crippen LogP contribution is 2.58. The van der Waals surface area contributed by atoms with Crippen molar-refractivity contribution in [1.29, 1.82) is 5.26 Å². The van der Waals surface area contributed by atoms with E-state index in [1.165, 1.54) is 12.1 Å². The first-order chi connectivity index (χ1) is 9.43. The molecule has 0 fully saturated rings. The molecule has 0 spiro atoms. The molecule has 7 heteroatoms. The third kappa shape index (κ3) is 2.71. The number of rotatable bonds is 2. The lowest BCUT2D eigenvalue weighted by atomic mass is 10.3. The first kappa shape index (κ1) is 14.6. The number of hydrogen-bond acceptors (Lipinski definition) is 7. The molecule has 0 saturated carbocycles. The molecule has 1 aromatic rings. The highest BCUT2D eigenvalue weighted by Gasteiger charge is 2.29. The molecule has 2 rings (SSSR count). The van der Waals surface area contributed by atoms with Crippen molar-refractivity contribution in [2.24, 2.45) is 0 Å². The van der Waals surface area contributed by atoms with E-state index in [0.29, 0.717) is 14.0 Å². The van der Waals surface area contributed by atoms with Crippen molar-refractivity contribution in [3.63, 3.8) is 0 Å².